The van der Waals surface area contributed by atoms with Crippen LogP contribution in [-0.4, -0.2) is 52.5 Å². The highest BCUT2D eigenvalue weighted by Gasteiger charge is 2.39. The molecule has 226 valence electrons. The van der Waals surface area contributed by atoms with Crippen LogP contribution in [0.4, 0.5) is 10.5 Å². The fourth-order valence-electron chi connectivity index (χ4n) is 4.88. The van der Waals surface area contributed by atoms with E-state index < -0.39 is 23.8 Å². The highest BCUT2D eigenvalue weighted by atomic mass is 32.2. The van der Waals surface area contributed by atoms with Gasteiger partial charge in [0.25, 0.3) is 5.91 Å². The Labute approximate surface area is 254 Å². The van der Waals surface area contributed by atoms with Crippen molar-refractivity contribution in [2.45, 2.75) is 85.0 Å². The Bertz CT molecular complexity index is 1400. The van der Waals surface area contributed by atoms with Crippen molar-refractivity contribution in [3.8, 4) is 0 Å². The maximum atomic E-state index is 14.5. The third-order valence-electron chi connectivity index (χ3n) is 7.40. The van der Waals surface area contributed by atoms with Gasteiger partial charge < -0.3 is 20.3 Å². The maximum absolute atomic E-state index is 14.5. The van der Waals surface area contributed by atoms with Crippen molar-refractivity contribution in [1.82, 2.24) is 10.2 Å². The minimum atomic E-state index is -0.920. The second kappa shape index (κ2) is 14.6. The van der Waals surface area contributed by atoms with Gasteiger partial charge >= 0.3 is 6.09 Å². The summed E-state index contributed by atoms with van der Waals surface area (Å²) in [7, 11) is 0. The van der Waals surface area contributed by atoms with Crippen LogP contribution in [-0.2, 0) is 14.3 Å². The molecule has 0 saturated heterocycles. The lowest BCUT2D eigenvalue weighted by Gasteiger charge is -2.39. The van der Waals surface area contributed by atoms with Crippen LogP contribution in [0.2, 0.25) is 0 Å². The molecule has 0 aliphatic carbocycles. The lowest BCUT2D eigenvalue weighted by atomic mass is 9.93. The van der Waals surface area contributed by atoms with Crippen molar-refractivity contribution in [1.29, 1.82) is 0 Å². The highest BCUT2D eigenvalue weighted by Crippen LogP contribution is 2.31. The van der Waals surface area contributed by atoms with Gasteiger partial charge in [-0.2, -0.15) is 11.8 Å². The van der Waals surface area contributed by atoms with E-state index in [1.165, 1.54) is 0 Å². The van der Waals surface area contributed by atoms with Gasteiger partial charge in [0, 0.05) is 11.7 Å². The Morgan fingerprint density at radius 3 is 2.31 bits per heavy atom. The quantitative estimate of drug-likeness (QED) is 0.242. The van der Waals surface area contributed by atoms with Crippen LogP contribution in [0.3, 0.4) is 0 Å². The standard InChI is InChI=1S/C34H45N3O4S/c1-9-23(3)37(32(39)29(19-20-42-8)36-33(40)41-34(5,6)7)30(28-16-12-13-22(2)24(28)4)31(38)35-27-18-17-25-14-10-11-15-26(25)21-27/h10-18,21,23,29-30H,9,19-20H2,1-8H3,(H,35,38)(H,36,40). The topological polar surface area (TPSA) is 87.7 Å². The first-order valence-electron chi connectivity index (χ1n) is 14.5. The first-order valence-corrected chi connectivity index (χ1v) is 15.9. The van der Waals surface area contributed by atoms with E-state index in [0.29, 0.717) is 24.3 Å². The molecule has 0 heterocycles. The number of alkyl carbamates (subject to hydrolysis) is 1. The summed E-state index contributed by atoms with van der Waals surface area (Å²) in [6.45, 7) is 13.3. The zero-order valence-electron chi connectivity index (χ0n) is 26.1. The summed E-state index contributed by atoms with van der Waals surface area (Å²) in [4.78, 5) is 43.2. The molecule has 7 nitrogen and oxygen atoms in total. The Hall–Kier alpha value is -3.52. The Morgan fingerprint density at radius 1 is 0.976 bits per heavy atom. The Balaban J connectivity index is 2.08. The smallest absolute Gasteiger partial charge is 0.408 e. The second-order valence-electron chi connectivity index (χ2n) is 11.7. The van der Waals surface area contributed by atoms with E-state index in [2.05, 4.69) is 10.6 Å². The van der Waals surface area contributed by atoms with Crippen LogP contribution in [0.25, 0.3) is 10.8 Å². The average Bonchev–Trinajstić information content (AvgIpc) is 2.93. The number of amides is 3. The van der Waals surface area contributed by atoms with Crippen molar-refractivity contribution < 1.29 is 19.1 Å². The van der Waals surface area contributed by atoms with Crippen molar-refractivity contribution in [2.75, 3.05) is 17.3 Å². The number of hydrogen-bond donors (Lipinski definition) is 2. The number of thioether (sulfide) groups is 1. The predicted octanol–water partition coefficient (Wildman–Crippen LogP) is 7.41. The summed E-state index contributed by atoms with van der Waals surface area (Å²) >= 11 is 1.59. The van der Waals surface area contributed by atoms with Gasteiger partial charge in [-0.15, -0.1) is 0 Å². The molecular weight excluding hydrogens is 546 g/mol. The predicted molar refractivity (Wildman–Crippen MR) is 174 cm³/mol. The molecule has 3 unspecified atom stereocenters. The molecular formula is C34H45N3O4S. The third kappa shape index (κ3) is 8.51. The molecule has 0 saturated carbocycles. The summed E-state index contributed by atoms with van der Waals surface area (Å²) in [6, 6.07) is 17.5. The van der Waals surface area contributed by atoms with Gasteiger partial charge in [-0.25, -0.2) is 4.79 Å². The number of anilines is 1. The lowest BCUT2D eigenvalue weighted by molar-refractivity contribution is -0.143. The number of ether oxygens (including phenoxy) is 1. The first kappa shape index (κ1) is 33.0. The number of nitrogens with one attached hydrogen (secondary N) is 2. The highest BCUT2D eigenvalue weighted by molar-refractivity contribution is 7.98. The molecule has 0 radical (unpaired) electrons. The molecule has 3 amide bonds. The normalized spacial score (nSPS) is 13.6. The Kier molecular flexibility index (Phi) is 11.5. The molecule has 3 rings (SSSR count). The molecule has 3 atom stereocenters. The third-order valence-corrected chi connectivity index (χ3v) is 8.05. The number of fused-ring (bicyclic) bond motifs is 1. The number of carbonyl (C=O) groups excluding carboxylic acids is 3. The van der Waals surface area contributed by atoms with E-state index in [-0.39, 0.29) is 17.9 Å². The monoisotopic (exact) mass is 591 g/mol. The number of aryl methyl sites for hydroxylation is 1. The second-order valence-corrected chi connectivity index (χ2v) is 12.7. The first-order chi connectivity index (χ1) is 19.9. The van der Waals surface area contributed by atoms with Gasteiger partial charge in [-0.1, -0.05) is 55.5 Å². The van der Waals surface area contributed by atoms with E-state index in [4.69, 9.17) is 4.74 Å². The molecule has 3 aromatic rings. The average molecular weight is 592 g/mol. The zero-order valence-corrected chi connectivity index (χ0v) is 26.9. The molecule has 0 aliphatic rings. The molecule has 3 aromatic carbocycles. The molecule has 0 aromatic heterocycles. The van der Waals surface area contributed by atoms with Gasteiger partial charge in [0.2, 0.25) is 5.91 Å². The summed E-state index contributed by atoms with van der Waals surface area (Å²) in [6.07, 6.45) is 2.32. The summed E-state index contributed by atoms with van der Waals surface area (Å²) in [5.41, 5.74) is 2.66. The van der Waals surface area contributed by atoms with Gasteiger partial charge in [-0.3, -0.25) is 9.59 Å². The van der Waals surface area contributed by atoms with Crippen LogP contribution < -0.4 is 10.6 Å². The molecule has 0 spiro atoms. The van der Waals surface area contributed by atoms with Crippen molar-refractivity contribution in [3.05, 3.63) is 77.4 Å². The summed E-state index contributed by atoms with van der Waals surface area (Å²) in [5, 5.41) is 7.99. The zero-order chi connectivity index (χ0) is 31.0. The molecule has 0 fully saturated rings. The molecule has 8 heteroatoms. The number of nitrogens with zero attached hydrogens (tertiary/aromatic N) is 1. The SMILES string of the molecule is CCC(C)N(C(=O)C(CCSC)NC(=O)OC(C)(C)C)C(C(=O)Nc1ccc2ccccc2c1)c1cccc(C)c1C. The number of benzene rings is 3. The molecule has 42 heavy (non-hydrogen) atoms. The maximum Gasteiger partial charge on any atom is 0.408 e. The van der Waals surface area contributed by atoms with E-state index in [1.807, 2.05) is 94.6 Å². The van der Waals surface area contributed by atoms with Crippen molar-refractivity contribution in [2.24, 2.45) is 0 Å². The van der Waals surface area contributed by atoms with Gasteiger partial charge in [0.05, 0.1) is 0 Å². The minimum absolute atomic E-state index is 0.290. The summed E-state index contributed by atoms with van der Waals surface area (Å²) < 4.78 is 5.50. The number of rotatable bonds is 11. The van der Waals surface area contributed by atoms with E-state index in [1.54, 1.807) is 37.4 Å². The molecule has 0 bridgehead atoms. The van der Waals surface area contributed by atoms with Crippen molar-refractivity contribution >= 4 is 46.1 Å². The Morgan fingerprint density at radius 2 is 1.67 bits per heavy atom. The number of carbonyl (C=O) groups is 3. The van der Waals surface area contributed by atoms with Crippen LogP contribution in [0.5, 0.6) is 0 Å². The van der Waals surface area contributed by atoms with Crippen LogP contribution in [0, 0.1) is 13.8 Å². The lowest BCUT2D eigenvalue weighted by Crippen LogP contribution is -2.55. The van der Waals surface area contributed by atoms with E-state index in [9.17, 15) is 14.4 Å². The van der Waals surface area contributed by atoms with Gasteiger partial charge in [-0.05, 0) is 106 Å². The minimum Gasteiger partial charge on any atom is -0.444 e. The van der Waals surface area contributed by atoms with Crippen LogP contribution in [0.15, 0.2) is 60.7 Å². The van der Waals surface area contributed by atoms with Crippen LogP contribution >= 0.6 is 11.8 Å². The summed E-state index contributed by atoms with van der Waals surface area (Å²) in [5.74, 6) is 0.0233. The fourth-order valence-corrected chi connectivity index (χ4v) is 5.35. The molecule has 2 N–H and O–H groups in total. The molecule has 0 aliphatic heterocycles. The fraction of sp³-hybridized carbons (Fsp3) is 0.441. The van der Waals surface area contributed by atoms with Gasteiger partial charge in [0.1, 0.15) is 17.7 Å². The largest absolute Gasteiger partial charge is 0.444 e. The van der Waals surface area contributed by atoms with Crippen molar-refractivity contribution in [3.63, 3.8) is 0 Å². The van der Waals surface area contributed by atoms with E-state index >= 15 is 0 Å². The van der Waals surface area contributed by atoms with Gasteiger partial charge in [0.15, 0.2) is 0 Å². The van der Waals surface area contributed by atoms with Crippen LogP contribution in [0.1, 0.15) is 70.2 Å². The van der Waals surface area contributed by atoms with E-state index in [0.717, 1.165) is 27.5 Å². The number of hydrogen-bond acceptors (Lipinski definition) is 5.